The molecule has 0 radical (unpaired) electrons. The van der Waals surface area contributed by atoms with Crippen LogP contribution < -0.4 is 9.47 Å². The van der Waals surface area contributed by atoms with Gasteiger partial charge >= 0.3 is 5.97 Å². The van der Waals surface area contributed by atoms with E-state index in [1.54, 1.807) is 14.2 Å². The van der Waals surface area contributed by atoms with Gasteiger partial charge in [-0.25, -0.2) is 0 Å². The van der Waals surface area contributed by atoms with E-state index in [1.165, 1.54) is 18.4 Å². The molecule has 1 N–H and O–H groups in total. The zero-order chi connectivity index (χ0) is 23.6. The van der Waals surface area contributed by atoms with Crippen molar-refractivity contribution in [1.82, 2.24) is 4.90 Å². The Morgan fingerprint density at radius 2 is 2.06 bits per heavy atom. The second-order valence-corrected chi connectivity index (χ2v) is 10.4. The maximum absolute atomic E-state index is 13.0. The Bertz CT molecular complexity index is 870. The quantitative estimate of drug-likeness (QED) is 0.443. The Labute approximate surface area is 197 Å². The Morgan fingerprint density at radius 1 is 1.27 bits per heavy atom. The maximum atomic E-state index is 13.0. The number of benzene rings is 1. The van der Waals surface area contributed by atoms with E-state index in [0.717, 1.165) is 31.4 Å². The zero-order valence-corrected chi connectivity index (χ0v) is 20.3. The van der Waals surface area contributed by atoms with Crippen LogP contribution in [0.5, 0.6) is 11.5 Å². The molecule has 2 aliphatic carbocycles. The number of nitrogens with zero attached hydrogens (tertiary/aromatic N) is 1. The van der Waals surface area contributed by atoms with E-state index in [0.29, 0.717) is 36.9 Å². The first-order valence-corrected chi connectivity index (χ1v) is 12.3. The largest absolute Gasteiger partial charge is 0.493 e. The van der Waals surface area contributed by atoms with Crippen molar-refractivity contribution >= 4 is 5.97 Å². The Kier molecular flexibility index (Phi) is 7.34. The zero-order valence-electron chi connectivity index (χ0n) is 20.3. The summed E-state index contributed by atoms with van der Waals surface area (Å²) in [7, 11) is 3.26. The number of carbonyl (C=O) groups is 1. The summed E-state index contributed by atoms with van der Waals surface area (Å²) >= 11 is 0. The molecule has 0 aromatic heterocycles. The van der Waals surface area contributed by atoms with Gasteiger partial charge in [0.2, 0.25) is 0 Å². The number of fused-ring (bicyclic) bond motifs is 2. The molecule has 0 amide bonds. The fourth-order valence-corrected chi connectivity index (χ4v) is 6.51. The topological polar surface area (TPSA) is 68.2 Å². The predicted molar refractivity (Wildman–Crippen MR) is 127 cm³/mol. The molecule has 1 aliphatic heterocycles. The van der Waals surface area contributed by atoms with Crippen molar-refractivity contribution < 1.29 is 24.1 Å². The second kappa shape index (κ2) is 10.1. The highest BCUT2D eigenvalue weighted by Gasteiger charge is 2.55. The van der Waals surface area contributed by atoms with Crippen LogP contribution in [0.4, 0.5) is 0 Å². The van der Waals surface area contributed by atoms with E-state index in [4.69, 9.17) is 14.2 Å². The lowest BCUT2D eigenvalue weighted by Gasteiger charge is -2.50. The van der Waals surface area contributed by atoms with Gasteiger partial charge in [0, 0.05) is 32.2 Å². The van der Waals surface area contributed by atoms with Crippen LogP contribution >= 0.6 is 0 Å². The van der Waals surface area contributed by atoms with Gasteiger partial charge in [-0.15, -0.1) is 0 Å². The van der Waals surface area contributed by atoms with E-state index in [1.807, 2.05) is 18.2 Å². The molecule has 1 aromatic rings. The molecule has 33 heavy (non-hydrogen) atoms. The number of esters is 1. The molecular weight excluding hydrogens is 418 g/mol. The fourth-order valence-electron chi connectivity index (χ4n) is 6.51. The maximum Gasteiger partial charge on any atom is 0.310 e. The number of hydrogen-bond donors (Lipinski definition) is 1. The summed E-state index contributed by atoms with van der Waals surface area (Å²) in [5.74, 6) is 1.93. The Hall–Kier alpha value is -2.05. The van der Waals surface area contributed by atoms with E-state index in [2.05, 4.69) is 18.4 Å². The number of aliphatic hydroxyl groups excluding tert-OH is 1. The predicted octanol–water partition coefficient (Wildman–Crippen LogP) is 4.20. The van der Waals surface area contributed by atoms with Gasteiger partial charge in [-0.1, -0.05) is 25.1 Å². The lowest BCUT2D eigenvalue weighted by atomic mass is 9.55. The lowest BCUT2D eigenvalue weighted by molar-refractivity contribution is -0.146. The third-order valence-electron chi connectivity index (χ3n) is 8.26. The van der Waals surface area contributed by atoms with E-state index in [-0.39, 0.29) is 35.9 Å². The van der Waals surface area contributed by atoms with Gasteiger partial charge in [0.15, 0.2) is 11.5 Å². The van der Waals surface area contributed by atoms with Crippen molar-refractivity contribution in [1.29, 1.82) is 0 Å². The minimum atomic E-state index is -0.131. The van der Waals surface area contributed by atoms with E-state index < -0.39 is 0 Å². The standard InChI is InChI=1S/C27H39NO5/c1-18-7-5-10-27(2)15-25-20(14-22(18)27)21(26(30)33-25)17-28(11-6-12-29)16-19-8-9-23(31-3)24(13-19)32-4/h8-9,13,20-22,25,29H,1,5-7,10-12,14-17H2,2-4H3/t20-,21+,22+,25-,27-/m1/s1. The molecule has 1 saturated heterocycles. The number of aliphatic hydroxyl groups is 1. The molecule has 3 aliphatic rings. The number of allylic oxidation sites excluding steroid dienone is 1. The summed E-state index contributed by atoms with van der Waals surface area (Å²) < 4.78 is 16.8. The van der Waals surface area contributed by atoms with Crippen molar-refractivity contribution in [3.8, 4) is 11.5 Å². The Balaban J connectivity index is 1.50. The number of carbonyl (C=O) groups excluding carboxylic acids is 1. The van der Waals surface area contributed by atoms with Crippen molar-refractivity contribution in [2.24, 2.45) is 23.2 Å². The molecule has 3 fully saturated rings. The minimum absolute atomic E-state index is 0.0235. The number of hydrogen-bond acceptors (Lipinski definition) is 6. The SMILES string of the molecule is C=C1CCC[C@]2(C)C[C@H]3OC(=O)[C@@H](CN(CCCO)Cc4ccc(OC)c(OC)c4)[C@H]3C[C@@H]12. The molecule has 2 saturated carbocycles. The highest BCUT2D eigenvalue weighted by molar-refractivity contribution is 5.75. The molecule has 0 spiro atoms. The van der Waals surface area contributed by atoms with E-state index >= 15 is 0 Å². The lowest BCUT2D eigenvalue weighted by Crippen LogP contribution is -2.45. The van der Waals surface area contributed by atoms with Crippen LogP contribution in [0.2, 0.25) is 0 Å². The second-order valence-electron chi connectivity index (χ2n) is 10.4. The molecule has 4 rings (SSSR count). The third-order valence-corrected chi connectivity index (χ3v) is 8.26. The summed E-state index contributed by atoms with van der Waals surface area (Å²) in [4.78, 5) is 15.3. The van der Waals surface area contributed by atoms with Gasteiger partial charge < -0.3 is 19.3 Å². The van der Waals surface area contributed by atoms with Crippen LogP contribution in [-0.2, 0) is 16.1 Å². The minimum Gasteiger partial charge on any atom is -0.493 e. The van der Waals surface area contributed by atoms with Gasteiger partial charge in [0.05, 0.1) is 20.1 Å². The first-order valence-electron chi connectivity index (χ1n) is 12.3. The average molecular weight is 458 g/mol. The highest BCUT2D eigenvalue weighted by atomic mass is 16.6. The van der Waals surface area contributed by atoms with Crippen molar-refractivity contribution in [2.75, 3.05) is 33.9 Å². The number of rotatable bonds is 9. The van der Waals surface area contributed by atoms with Crippen molar-refractivity contribution in [3.05, 3.63) is 35.9 Å². The average Bonchev–Trinajstić information content (AvgIpc) is 3.09. The summed E-state index contributed by atoms with van der Waals surface area (Å²) in [6, 6.07) is 5.93. The summed E-state index contributed by atoms with van der Waals surface area (Å²) in [5.41, 5.74) is 2.66. The molecule has 1 heterocycles. The molecule has 6 nitrogen and oxygen atoms in total. The summed E-state index contributed by atoms with van der Waals surface area (Å²) in [6.07, 6.45) is 6.15. The number of ether oxygens (including phenoxy) is 3. The molecule has 6 heteroatoms. The fraction of sp³-hybridized carbons (Fsp3) is 0.667. The van der Waals surface area contributed by atoms with Crippen LogP contribution in [-0.4, -0.2) is 56.0 Å². The van der Waals surface area contributed by atoms with Crippen LogP contribution in [0.3, 0.4) is 0 Å². The summed E-state index contributed by atoms with van der Waals surface area (Å²) in [6.45, 7) is 8.94. The van der Waals surface area contributed by atoms with Gasteiger partial charge in [-0.05, 0) is 67.6 Å². The van der Waals surface area contributed by atoms with Gasteiger partial charge in [0.25, 0.3) is 0 Å². The monoisotopic (exact) mass is 457 g/mol. The van der Waals surface area contributed by atoms with Crippen molar-refractivity contribution in [3.63, 3.8) is 0 Å². The van der Waals surface area contributed by atoms with Crippen LogP contribution in [0.1, 0.15) is 51.0 Å². The first kappa shape index (κ1) is 24.1. The molecule has 0 unspecified atom stereocenters. The molecule has 5 atom stereocenters. The van der Waals surface area contributed by atoms with Crippen molar-refractivity contribution in [2.45, 2.75) is 58.1 Å². The van der Waals surface area contributed by atoms with Crippen LogP contribution in [0.15, 0.2) is 30.4 Å². The van der Waals surface area contributed by atoms with Gasteiger partial charge in [0.1, 0.15) is 6.10 Å². The van der Waals surface area contributed by atoms with E-state index in [9.17, 15) is 9.90 Å². The van der Waals surface area contributed by atoms with Crippen LogP contribution in [0.25, 0.3) is 0 Å². The Morgan fingerprint density at radius 3 is 2.79 bits per heavy atom. The molecular formula is C27H39NO5. The normalized spacial score (nSPS) is 31.2. The molecule has 1 aromatic carbocycles. The van der Waals surface area contributed by atoms with Gasteiger partial charge in [-0.3, -0.25) is 9.69 Å². The number of methoxy groups -OCH3 is 2. The van der Waals surface area contributed by atoms with Gasteiger partial charge in [-0.2, -0.15) is 0 Å². The summed E-state index contributed by atoms with van der Waals surface area (Å²) in [5, 5.41) is 9.45. The third kappa shape index (κ3) is 4.92. The molecule has 182 valence electrons. The first-order chi connectivity index (χ1) is 15.9. The van der Waals surface area contributed by atoms with Crippen LogP contribution in [0, 0.1) is 23.2 Å². The smallest absolute Gasteiger partial charge is 0.310 e. The highest BCUT2D eigenvalue weighted by Crippen LogP contribution is 2.57. The molecule has 0 bridgehead atoms.